The molecule has 0 unspecified atom stereocenters. The minimum Gasteiger partial charge on any atom is -0.496 e. The maximum absolute atomic E-state index is 12.4. The van der Waals surface area contributed by atoms with Crippen molar-refractivity contribution in [2.24, 2.45) is 0 Å². The van der Waals surface area contributed by atoms with E-state index in [9.17, 15) is 19.7 Å². The standard InChI is InChI=1S/C16H16N2O7/c1-9-8-25-13(6-14(19)20)15(9)16(21)17-7-10-5-11(18(22)23)3-4-12(10)24-2/h3-5,8H,6-7H2,1-2H3,(H,17,21)(H,19,20). The van der Waals surface area contributed by atoms with Gasteiger partial charge in [-0.3, -0.25) is 19.7 Å². The molecule has 0 spiro atoms. The number of nitro benzene ring substituents is 1. The number of aliphatic carboxylic acids is 1. The summed E-state index contributed by atoms with van der Waals surface area (Å²) in [6.45, 7) is 1.60. The number of rotatable bonds is 7. The second-order valence-electron chi connectivity index (χ2n) is 5.22. The molecule has 1 aromatic heterocycles. The Balaban J connectivity index is 2.20. The van der Waals surface area contributed by atoms with Crippen molar-refractivity contribution >= 4 is 17.6 Å². The van der Waals surface area contributed by atoms with E-state index in [-0.39, 0.29) is 23.6 Å². The first-order valence-corrected chi connectivity index (χ1v) is 7.21. The quantitative estimate of drug-likeness (QED) is 0.578. The van der Waals surface area contributed by atoms with Crippen LogP contribution in [0.25, 0.3) is 0 Å². The molecule has 0 saturated carbocycles. The average molecular weight is 348 g/mol. The number of non-ortho nitro benzene ring substituents is 1. The number of ether oxygens (including phenoxy) is 1. The highest BCUT2D eigenvalue weighted by atomic mass is 16.6. The van der Waals surface area contributed by atoms with Crippen LogP contribution < -0.4 is 10.1 Å². The lowest BCUT2D eigenvalue weighted by Crippen LogP contribution is -2.24. The normalized spacial score (nSPS) is 10.3. The molecule has 0 aliphatic heterocycles. The van der Waals surface area contributed by atoms with Crippen LogP contribution in [0.1, 0.15) is 27.2 Å². The smallest absolute Gasteiger partial charge is 0.311 e. The number of nitro groups is 1. The Labute approximate surface area is 142 Å². The molecule has 0 aliphatic rings. The topological polar surface area (TPSA) is 132 Å². The van der Waals surface area contributed by atoms with Gasteiger partial charge in [0.25, 0.3) is 11.6 Å². The maximum Gasteiger partial charge on any atom is 0.311 e. The summed E-state index contributed by atoms with van der Waals surface area (Å²) in [5, 5.41) is 22.4. The van der Waals surface area contributed by atoms with Gasteiger partial charge in [0.15, 0.2) is 0 Å². The Kier molecular flexibility index (Phi) is 5.38. The van der Waals surface area contributed by atoms with Crippen LogP contribution in [0.3, 0.4) is 0 Å². The van der Waals surface area contributed by atoms with Gasteiger partial charge in [-0.2, -0.15) is 0 Å². The fourth-order valence-corrected chi connectivity index (χ4v) is 2.35. The van der Waals surface area contributed by atoms with E-state index in [2.05, 4.69) is 5.32 Å². The summed E-state index contributed by atoms with van der Waals surface area (Å²) in [5.41, 5.74) is 0.939. The molecule has 1 aromatic carbocycles. The highest BCUT2D eigenvalue weighted by Crippen LogP contribution is 2.24. The van der Waals surface area contributed by atoms with Gasteiger partial charge in [-0.1, -0.05) is 0 Å². The minimum absolute atomic E-state index is 0.0270. The number of methoxy groups -OCH3 is 1. The lowest BCUT2D eigenvalue weighted by atomic mass is 10.1. The van der Waals surface area contributed by atoms with Gasteiger partial charge in [0.1, 0.15) is 17.9 Å². The monoisotopic (exact) mass is 348 g/mol. The lowest BCUT2D eigenvalue weighted by molar-refractivity contribution is -0.384. The predicted molar refractivity (Wildman–Crippen MR) is 85.6 cm³/mol. The van der Waals surface area contributed by atoms with Crippen molar-refractivity contribution in [3.8, 4) is 5.75 Å². The highest BCUT2D eigenvalue weighted by Gasteiger charge is 2.21. The molecule has 0 fully saturated rings. The van der Waals surface area contributed by atoms with E-state index in [0.29, 0.717) is 16.9 Å². The molecule has 9 nitrogen and oxygen atoms in total. The Morgan fingerprint density at radius 1 is 1.40 bits per heavy atom. The van der Waals surface area contributed by atoms with Gasteiger partial charge in [-0.25, -0.2) is 0 Å². The Morgan fingerprint density at radius 3 is 2.72 bits per heavy atom. The summed E-state index contributed by atoms with van der Waals surface area (Å²) < 4.78 is 10.3. The van der Waals surface area contributed by atoms with Crippen LogP contribution in [0, 0.1) is 17.0 Å². The number of carboxylic acid groups (broad SMARTS) is 1. The van der Waals surface area contributed by atoms with Crippen molar-refractivity contribution in [3.05, 3.63) is 57.0 Å². The fourth-order valence-electron chi connectivity index (χ4n) is 2.35. The molecule has 9 heteroatoms. The van der Waals surface area contributed by atoms with Crippen molar-refractivity contribution in [1.82, 2.24) is 5.32 Å². The second-order valence-corrected chi connectivity index (χ2v) is 5.22. The summed E-state index contributed by atoms with van der Waals surface area (Å²) >= 11 is 0. The largest absolute Gasteiger partial charge is 0.496 e. The van der Waals surface area contributed by atoms with Gasteiger partial charge >= 0.3 is 5.97 Å². The van der Waals surface area contributed by atoms with Gasteiger partial charge in [0, 0.05) is 29.8 Å². The third-order valence-corrected chi connectivity index (χ3v) is 3.50. The zero-order valence-electron chi connectivity index (χ0n) is 13.6. The van der Waals surface area contributed by atoms with Gasteiger partial charge < -0.3 is 19.6 Å². The number of benzene rings is 1. The van der Waals surface area contributed by atoms with E-state index in [1.54, 1.807) is 6.92 Å². The second kappa shape index (κ2) is 7.47. The predicted octanol–water partition coefficient (Wildman–Crippen LogP) is 2.06. The number of hydrogen-bond acceptors (Lipinski definition) is 6. The molecule has 0 saturated heterocycles. The van der Waals surface area contributed by atoms with E-state index < -0.39 is 23.2 Å². The number of furan rings is 1. The molecule has 2 N–H and O–H groups in total. The van der Waals surface area contributed by atoms with Gasteiger partial charge in [-0.15, -0.1) is 0 Å². The molecular formula is C16H16N2O7. The number of amides is 1. The summed E-state index contributed by atoms with van der Waals surface area (Å²) in [6.07, 6.45) is 0.887. The summed E-state index contributed by atoms with van der Waals surface area (Å²) in [6, 6.07) is 4.05. The Bertz CT molecular complexity index is 826. The first kappa shape index (κ1) is 18.0. The van der Waals surface area contributed by atoms with Crippen molar-refractivity contribution in [1.29, 1.82) is 0 Å². The van der Waals surface area contributed by atoms with Crippen LogP contribution in [0.2, 0.25) is 0 Å². The number of carboxylic acids is 1. The van der Waals surface area contributed by atoms with Crippen molar-refractivity contribution in [3.63, 3.8) is 0 Å². The van der Waals surface area contributed by atoms with E-state index in [1.807, 2.05) is 0 Å². The van der Waals surface area contributed by atoms with Gasteiger partial charge in [0.2, 0.25) is 0 Å². The number of nitrogens with one attached hydrogen (secondary N) is 1. The summed E-state index contributed by atoms with van der Waals surface area (Å²) in [5.74, 6) is -1.21. The minimum atomic E-state index is -1.12. The van der Waals surface area contributed by atoms with Crippen LogP contribution in [0.15, 0.2) is 28.9 Å². The van der Waals surface area contributed by atoms with Crippen LogP contribution in [-0.2, 0) is 17.8 Å². The molecular weight excluding hydrogens is 332 g/mol. The maximum atomic E-state index is 12.4. The zero-order chi connectivity index (χ0) is 18.6. The summed E-state index contributed by atoms with van der Waals surface area (Å²) in [4.78, 5) is 33.6. The number of hydrogen-bond donors (Lipinski definition) is 2. The van der Waals surface area contributed by atoms with Gasteiger partial charge in [-0.05, 0) is 13.0 Å². The highest BCUT2D eigenvalue weighted by molar-refractivity contribution is 5.97. The molecule has 0 radical (unpaired) electrons. The van der Waals surface area contributed by atoms with Crippen molar-refractivity contribution in [2.75, 3.05) is 7.11 Å². The van der Waals surface area contributed by atoms with E-state index in [0.717, 1.165) is 0 Å². The number of carbonyl (C=O) groups is 2. The molecule has 0 bridgehead atoms. The Hall–Kier alpha value is -3.36. The lowest BCUT2D eigenvalue weighted by Gasteiger charge is -2.10. The third kappa shape index (κ3) is 4.14. The molecule has 0 atom stereocenters. The van der Waals surface area contributed by atoms with Crippen LogP contribution in [0.5, 0.6) is 5.75 Å². The SMILES string of the molecule is COc1ccc([N+](=O)[O-])cc1CNC(=O)c1c(C)coc1CC(=O)O. The Morgan fingerprint density at radius 2 is 2.12 bits per heavy atom. The van der Waals surface area contributed by atoms with Gasteiger partial charge in [0.05, 0.1) is 23.9 Å². The molecule has 25 heavy (non-hydrogen) atoms. The molecule has 1 heterocycles. The fraction of sp³-hybridized carbons (Fsp3) is 0.250. The van der Waals surface area contributed by atoms with E-state index >= 15 is 0 Å². The van der Waals surface area contributed by atoms with E-state index in [1.165, 1.54) is 31.6 Å². The number of aryl methyl sites for hydroxylation is 1. The molecule has 132 valence electrons. The van der Waals surface area contributed by atoms with Crippen LogP contribution in [0.4, 0.5) is 5.69 Å². The average Bonchev–Trinajstić information content (AvgIpc) is 2.92. The van der Waals surface area contributed by atoms with Crippen LogP contribution >= 0.6 is 0 Å². The molecule has 0 aliphatic carbocycles. The first-order chi connectivity index (χ1) is 11.8. The first-order valence-electron chi connectivity index (χ1n) is 7.21. The molecule has 1 amide bonds. The molecule has 2 aromatic rings. The van der Waals surface area contributed by atoms with Crippen LogP contribution in [-0.4, -0.2) is 29.0 Å². The third-order valence-electron chi connectivity index (χ3n) is 3.50. The molecule has 2 rings (SSSR count). The van der Waals surface area contributed by atoms with E-state index in [4.69, 9.17) is 14.3 Å². The number of carbonyl (C=O) groups excluding carboxylic acids is 1. The summed E-state index contributed by atoms with van der Waals surface area (Å²) in [7, 11) is 1.41. The zero-order valence-corrected chi connectivity index (χ0v) is 13.6. The van der Waals surface area contributed by atoms with Crippen molar-refractivity contribution < 1.29 is 28.8 Å². The number of nitrogens with zero attached hydrogens (tertiary/aromatic N) is 1. The van der Waals surface area contributed by atoms with Crippen molar-refractivity contribution in [2.45, 2.75) is 19.9 Å².